The zero-order valence-corrected chi connectivity index (χ0v) is 18.9. The van der Waals surface area contributed by atoms with Crippen molar-refractivity contribution in [2.45, 2.75) is 12.4 Å². The number of benzene rings is 2. The van der Waals surface area contributed by atoms with Crippen molar-refractivity contribution in [1.29, 1.82) is 5.26 Å². The number of hydrogen-bond donors (Lipinski definition) is 1. The molecule has 38 heavy (non-hydrogen) atoms. The van der Waals surface area contributed by atoms with Gasteiger partial charge in [0.25, 0.3) is 5.91 Å². The van der Waals surface area contributed by atoms with Crippen LogP contribution < -0.4 is 5.73 Å². The number of aromatic nitrogens is 4. The Morgan fingerprint density at radius 2 is 1.50 bits per heavy atom. The number of nitrogens with two attached hydrogens (primary N) is 1. The van der Waals surface area contributed by atoms with E-state index < -0.39 is 52.2 Å². The van der Waals surface area contributed by atoms with E-state index >= 15 is 0 Å². The number of halogens is 6. The molecule has 0 aliphatic rings. The molecule has 2 aromatic carbocycles. The van der Waals surface area contributed by atoms with Crippen molar-refractivity contribution in [3.8, 4) is 28.8 Å². The number of nitriles is 1. The maximum atomic E-state index is 13.8. The van der Waals surface area contributed by atoms with Crippen LogP contribution in [-0.4, -0.2) is 25.7 Å². The van der Waals surface area contributed by atoms with Crippen LogP contribution in [0.25, 0.3) is 34.5 Å². The molecule has 2 N–H and O–H groups in total. The first-order chi connectivity index (χ1) is 17.9. The first kappa shape index (κ1) is 26.1. The summed E-state index contributed by atoms with van der Waals surface area (Å²) in [5.74, 6) is -2.12. The predicted molar refractivity (Wildman–Crippen MR) is 123 cm³/mol. The van der Waals surface area contributed by atoms with Gasteiger partial charge >= 0.3 is 12.4 Å². The highest BCUT2D eigenvalue weighted by Gasteiger charge is 2.37. The monoisotopic (exact) mass is 528 g/mol. The molecule has 4 rings (SSSR count). The van der Waals surface area contributed by atoms with Gasteiger partial charge in [-0.15, -0.1) is 5.10 Å². The van der Waals surface area contributed by atoms with Crippen molar-refractivity contribution in [2.24, 2.45) is 5.73 Å². The van der Waals surface area contributed by atoms with E-state index in [0.29, 0.717) is 0 Å². The molecule has 13 heteroatoms. The SMILES string of the molecule is N#Cc1cncc(C(=Cn2nc(-c3ccccc3C(F)(F)F)nc2-c2ccccc2C(F)(F)F)C(N)=O)c1. The predicted octanol–water partition coefficient (Wildman–Crippen LogP) is 5.40. The van der Waals surface area contributed by atoms with Gasteiger partial charge in [-0.05, 0) is 18.2 Å². The quantitative estimate of drug-likeness (QED) is 0.276. The van der Waals surface area contributed by atoms with Crippen LogP contribution >= 0.6 is 0 Å². The first-order valence-electron chi connectivity index (χ1n) is 10.6. The molecule has 0 aliphatic heterocycles. The largest absolute Gasteiger partial charge is 0.417 e. The van der Waals surface area contributed by atoms with Gasteiger partial charge in [0.1, 0.15) is 6.07 Å². The van der Waals surface area contributed by atoms with Crippen molar-refractivity contribution < 1.29 is 31.1 Å². The van der Waals surface area contributed by atoms with Gasteiger partial charge in [-0.2, -0.15) is 31.6 Å². The van der Waals surface area contributed by atoms with Crippen LogP contribution in [0.4, 0.5) is 26.3 Å². The molecule has 1 amide bonds. The summed E-state index contributed by atoms with van der Waals surface area (Å²) >= 11 is 0. The Morgan fingerprint density at radius 1 is 0.921 bits per heavy atom. The standard InChI is InChI=1S/C25H14F6N6O/c26-24(27,28)19-7-3-1-5-16(19)22-35-23(17-6-2-4-8-20(17)25(29,30)31)37(36-22)13-18(21(33)38)15-9-14(10-32)11-34-12-15/h1-9,11-13H,(H2,33,38). The Labute approximate surface area is 210 Å². The molecule has 2 heterocycles. The minimum Gasteiger partial charge on any atom is -0.366 e. The zero-order chi connectivity index (χ0) is 27.7. The summed E-state index contributed by atoms with van der Waals surface area (Å²) in [7, 11) is 0. The summed E-state index contributed by atoms with van der Waals surface area (Å²) in [5, 5.41) is 13.2. The summed E-state index contributed by atoms with van der Waals surface area (Å²) in [6, 6.07) is 11.6. The lowest BCUT2D eigenvalue weighted by atomic mass is 10.1. The number of hydrogen-bond acceptors (Lipinski definition) is 5. The first-order valence-corrected chi connectivity index (χ1v) is 10.6. The molecule has 0 bridgehead atoms. The maximum Gasteiger partial charge on any atom is 0.417 e. The molecule has 0 saturated heterocycles. The lowest BCUT2D eigenvalue weighted by Crippen LogP contribution is -2.15. The molecule has 4 aromatic rings. The van der Waals surface area contributed by atoms with Crippen molar-refractivity contribution in [3.63, 3.8) is 0 Å². The lowest BCUT2D eigenvalue weighted by Gasteiger charge is -2.12. The van der Waals surface area contributed by atoms with Crippen LogP contribution in [0.15, 0.2) is 67.0 Å². The highest BCUT2D eigenvalue weighted by Crippen LogP contribution is 2.39. The number of pyridine rings is 1. The van der Waals surface area contributed by atoms with Gasteiger partial charge in [0, 0.05) is 35.3 Å². The van der Waals surface area contributed by atoms with Crippen molar-refractivity contribution in [3.05, 3.63) is 89.2 Å². The number of alkyl halides is 6. The van der Waals surface area contributed by atoms with E-state index in [1.54, 1.807) is 0 Å². The van der Waals surface area contributed by atoms with Gasteiger partial charge in [-0.1, -0.05) is 36.4 Å². The number of primary amides is 1. The molecule has 0 radical (unpaired) electrons. The van der Waals surface area contributed by atoms with E-state index in [2.05, 4.69) is 15.1 Å². The molecule has 0 unspecified atom stereocenters. The minimum absolute atomic E-state index is 0.0272. The number of carbonyl (C=O) groups excluding carboxylic acids is 1. The third-order valence-corrected chi connectivity index (χ3v) is 5.27. The topological polar surface area (TPSA) is 110 Å². The Morgan fingerprint density at radius 3 is 2.08 bits per heavy atom. The average molecular weight is 528 g/mol. The molecule has 7 nitrogen and oxygen atoms in total. The summed E-state index contributed by atoms with van der Waals surface area (Å²) in [5.41, 5.74) is 1.99. The normalized spacial score (nSPS) is 12.3. The fourth-order valence-corrected chi connectivity index (χ4v) is 3.61. The molecule has 0 saturated carbocycles. The molecule has 192 valence electrons. The van der Waals surface area contributed by atoms with Gasteiger partial charge in [0.2, 0.25) is 0 Å². The molecular weight excluding hydrogens is 514 g/mol. The third kappa shape index (κ3) is 5.24. The molecular formula is C25H14F6N6O. The van der Waals surface area contributed by atoms with Crippen LogP contribution in [0, 0.1) is 11.3 Å². The van der Waals surface area contributed by atoms with Gasteiger partial charge < -0.3 is 5.73 Å². The summed E-state index contributed by atoms with van der Waals surface area (Å²) in [6.07, 6.45) is -6.36. The number of carbonyl (C=O) groups is 1. The van der Waals surface area contributed by atoms with E-state index in [4.69, 9.17) is 11.0 Å². The van der Waals surface area contributed by atoms with Gasteiger partial charge in [-0.3, -0.25) is 9.78 Å². The van der Waals surface area contributed by atoms with E-state index in [0.717, 1.165) is 47.3 Å². The van der Waals surface area contributed by atoms with Crippen molar-refractivity contribution in [2.75, 3.05) is 0 Å². The van der Waals surface area contributed by atoms with Crippen LogP contribution in [-0.2, 0) is 17.1 Å². The minimum atomic E-state index is -4.85. The second kappa shape index (κ2) is 9.81. The third-order valence-electron chi connectivity index (χ3n) is 5.27. The molecule has 0 aliphatic carbocycles. The number of rotatable bonds is 5. The van der Waals surface area contributed by atoms with E-state index in [9.17, 15) is 31.1 Å². The van der Waals surface area contributed by atoms with Gasteiger partial charge in [0.15, 0.2) is 11.6 Å². The molecule has 2 aromatic heterocycles. The smallest absolute Gasteiger partial charge is 0.366 e. The van der Waals surface area contributed by atoms with Gasteiger partial charge in [0.05, 0.1) is 22.3 Å². The number of nitrogens with zero attached hydrogens (tertiary/aromatic N) is 5. The highest BCUT2D eigenvalue weighted by atomic mass is 19.4. The highest BCUT2D eigenvalue weighted by molar-refractivity contribution is 6.22. The van der Waals surface area contributed by atoms with E-state index in [1.807, 2.05) is 6.07 Å². The van der Waals surface area contributed by atoms with Crippen molar-refractivity contribution >= 4 is 17.7 Å². The Bertz CT molecular complexity index is 1600. The second-order valence-corrected chi connectivity index (χ2v) is 7.77. The van der Waals surface area contributed by atoms with Crippen LogP contribution in [0.3, 0.4) is 0 Å². The van der Waals surface area contributed by atoms with Crippen LogP contribution in [0.2, 0.25) is 0 Å². The van der Waals surface area contributed by atoms with Crippen LogP contribution in [0.1, 0.15) is 22.3 Å². The maximum absolute atomic E-state index is 13.8. The fourth-order valence-electron chi connectivity index (χ4n) is 3.61. The molecule has 0 spiro atoms. The number of amides is 1. The second-order valence-electron chi connectivity index (χ2n) is 7.77. The summed E-state index contributed by atoms with van der Waals surface area (Å²) in [6.45, 7) is 0. The Hall–Kier alpha value is -4.99. The fraction of sp³-hybridized carbons (Fsp3) is 0.0800. The molecule has 0 fully saturated rings. The lowest BCUT2D eigenvalue weighted by molar-refractivity contribution is -0.137. The van der Waals surface area contributed by atoms with Crippen LogP contribution in [0.5, 0.6) is 0 Å². The summed E-state index contributed by atoms with van der Waals surface area (Å²) in [4.78, 5) is 20.1. The van der Waals surface area contributed by atoms with Crippen molar-refractivity contribution in [1.82, 2.24) is 19.7 Å². The van der Waals surface area contributed by atoms with E-state index in [1.165, 1.54) is 30.6 Å². The Balaban J connectivity index is 2.03. The Kier molecular flexibility index (Phi) is 6.74. The summed E-state index contributed by atoms with van der Waals surface area (Å²) < 4.78 is 83.2. The average Bonchev–Trinajstić information content (AvgIpc) is 3.30. The van der Waals surface area contributed by atoms with E-state index in [-0.39, 0.29) is 16.7 Å². The molecule has 0 atom stereocenters. The van der Waals surface area contributed by atoms with Gasteiger partial charge in [-0.25, -0.2) is 9.67 Å². The zero-order valence-electron chi connectivity index (χ0n) is 18.9.